The average molecular weight is 175 g/mol. The van der Waals surface area contributed by atoms with Crippen LogP contribution in [-0.2, 0) is 12.8 Å². The van der Waals surface area contributed by atoms with Crippen LogP contribution in [0.15, 0.2) is 18.2 Å². The largest absolute Gasteiger partial charge is 0.380 e. The van der Waals surface area contributed by atoms with Crippen LogP contribution in [0.25, 0.3) is 0 Å². The summed E-state index contributed by atoms with van der Waals surface area (Å²) in [7, 11) is 0. The first-order chi connectivity index (χ1) is 6.04. The van der Waals surface area contributed by atoms with Gasteiger partial charge in [-0.3, -0.25) is 0 Å². The van der Waals surface area contributed by atoms with Gasteiger partial charge < -0.3 is 5.32 Å². The molecule has 13 heavy (non-hydrogen) atoms. The van der Waals surface area contributed by atoms with Crippen LogP contribution >= 0.6 is 0 Å². The van der Waals surface area contributed by atoms with Gasteiger partial charge >= 0.3 is 0 Å². The van der Waals surface area contributed by atoms with E-state index in [1.807, 2.05) is 0 Å². The number of benzene rings is 1. The predicted octanol–water partition coefficient (Wildman–Crippen LogP) is 3.00. The highest BCUT2D eigenvalue weighted by molar-refractivity contribution is 5.57. The van der Waals surface area contributed by atoms with E-state index in [1.165, 1.54) is 29.7 Å². The highest BCUT2D eigenvalue weighted by Gasteiger charge is 2.15. The molecule has 3 rings (SSSR count). The molecule has 1 nitrogen and oxygen atoms in total. The topological polar surface area (TPSA) is 12.0 Å². The second-order valence-corrected chi connectivity index (χ2v) is 4.87. The number of aryl methyl sites for hydroxylation is 2. The SMILES string of the molecule is CC(C)(C)Nc1cc2ccc1CC2. The van der Waals surface area contributed by atoms with Crippen molar-refractivity contribution in [2.75, 3.05) is 5.32 Å². The standard InChI is InChI=1S/C12H17N/c1-12(2,3)13-11-8-9-4-6-10(11)7-5-9/h4,6,8,13H,5,7H2,1-3H3. The molecule has 0 aliphatic heterocycles. The zero-order valence-electron chi connectivity index (χ0n) is 8.65. The van der Waals surface area contributed by atoms with Crippen LogP contribution in [-0.4, -0.2) is 5.54 Å². The van der Waals surface area contributed by atoms with Gasteiger partial charge in [0.15, 0.2) is 0 Å². The monoisotopic (exact) mass is 175 g/mol. The Balaban J connectivity index is 2.28. The highest BCUT2D eigenvalue weighted by Crippen LogP contribution is 2.27. The van der Waals surface area contributed by atoms with Gasteiger partial charge in [-0.25, -0.2) is 0 Å². The van der Waals surface area contributed by atoms with E-state index in [4.69, 9.17) is 0 Å². The fourth-order valence-corrected chi connectivity index (χ4v) is 1.80. The van der Waals surface area contributed by atoms with E-state index < -0.39 is 0 Å². The number of fused-ring (bicyclic) bond motifs is 3. The first kappa shape index (κ1) is 8.61. The number of nitrogens with one attached hydrogen (secondary N) is 1. The van der Waals surface area contributed by atoms with E-state index in [1.54, 1.807) is 0 Å². The number of hydrogen-bond donors (Lipinski definition) is 1. The third kappa shape index (κ3) is 1.85. The van der Waals surface area contributed by atoms with E-state index in [2.05, 4.69) is 44.3 Å². The minimum absolute atomic E-state index is 0.171. The van der Waals surface area contributed by atoms with E-state index in [-0.39, 0.29) is 5.54 Å². The first-order valence-corrected chi connectivity index (χ1v) is 4.95. The quantitative estimate of drug-likeness (QED) is 0.692. The lowest BCUT2D eigenvalue weighted by molar-refractivity contribution is 0.631. The molecule has 0 fully saturated rings. The molecule has 0 radical (unpaired) electrons. The molecule has 2 aliphatic carbocycles. The molecule has 0 atom stereocenters. The summed E-state index contributed by atoms with van der Waals surface area (Å²) < 4.78 is 0. The second-order valence-electron chi connectivity index (χ2n) is 4.87. The van der Waals surface area contributed by atoms with Crippen LogP contribution in [0.2, 0.25) is 0 Å². The molecule has 0 heterocycles. The Morgan fingerprint density at radius 1 is 1.15 bits per heavy atom. The summed E-state index contributed by atoms with van der Waals surface area (Å²) in [6, 6.07) is 6.75. The molecule has 1 aromatic rings. The Kier molecular flexibility index (Phi) is 1.83. The fourth-order valence-electron chi connectivity index (χ4n) is 1.80. The molecule has 1 N–H and O–H groups in total. The van der Waals surface area contributed by atoms with Crippen LogP contribution in [0.5, 0.6) is 0 Å². The fraction of sp³-hybridized carbons (Fsp3) is 0.500. The summed E-state index contributed by atoms with van der Waals surface area (Å²) in [5.74, 6) is 0. The maximum atomic E-state index is 3.54. The minimum Gasteiger partial charge on any atom is -0.380 e. The van der Waals surface area contributed by atoms with E-state index >= 15 is 0 Å². The molecule has 0 saturated carbocycles. The maximum Gasteiger partial charge on any atom is 0.0379 e. The predicted molar refractivity (Wildman–Crippen MR) is 57.2 cm³/mol. The Morgan fingerprint density at radius 3 is 2.31 bits per heavy atom. The van der Waals surface area contributed by atoms with Crippen molar-refractivity contribution >= 4 is 5.69 Å². The molecular formula is C12H17N. The Bertz CT molecular complexity index is 320. The van der Waals surface area contributed by atoms with Crippen LogP contribution in [0, 0.1) is 0 Å². The average Bonchev–Trinajstić information content (AvgIpc) is 2.03. The van der Waals surface area contributed by atoms with Gasteiger partial charge in [0.2, 0.25) is 0 Å². The molecule has 0 amide bonds. The summed E-state index contributed by atoms with van der Waals surface area (Å²) in [6.07, 6.45) is 2.43. The van der Waals surface area contributed by atoms with Crippen molar-refractivity contribution in [3.63, 3.8) is 0 Å². The molecule has 0 spiro atoms. The van der Waals surface area contributed by atoms with Crippen LogP contribution < -0.4 is 5.32 Å². The van der Waals surface area contributed by atoms with Crippen LogP contribution in [0.1, 0.15) is 31.9 Å². The molecule has 2 aliphatic rings. The van der Waals surface area contributed by atoms with Crippen molar-refractivity contribution in [2.24, 2.45) is 0 Å². The first-order valence-electron chi connectivity index (χ1n) is 4.95. The van der Waals surface area contributed by atoms with Crippen molar-refractivity contribution in [2.45, 2.75) is 39.2 Å². The summed E-state index contributed by atoms with van der Waals surface area (Å²) in [5.41, 5.74) is 4.42. The van der Waals surface area contributed by atoms with Crippen LogP contribution in [0.4, 0.5) is 5.69 Å². The third-order valence-electron chi connectivity index (χ3n) is 2.37. The van der Waals surface area contributed by atoms with Crippen molar-refractivity contribution in [3.8, 4) is 0 Å². The molecule has 0 aromatic heterocycles. The second kappa shape index (κ2) is 2.76. The molecule has 0 unspecified atom stereocenters. The van der Waals surface area contributed by atoms with Crippen molar-refractivity contribution in [3.05, 3.63) is 29.3 Å². The number of rotatable bonds is 1. The molecule has 1 heteroatoms. The smallest absolute Gasteiger partial charge is 0.0379 e. The zero-order chi connectivity index (χ0) is 9.47. The molecule has 1 aromatic carbocycles. The maximum absolute atomic E-state index is 3.54. The summed E-state index contributed by atoms with van der Waals surface area (Å²) in [6.45, 7) is 6.60. The zero-order valence-corrected chi connectivity index (χ0v) is 8.65. The summed E-state index contributed by atoms with van der Waals surface area (Å²) in [4.78, 5) is 0. The molecular weight excluding hydrogens is 158 g/mol. The van der Waals surface area contributed by atoms with Gasteiger partial charge in [0.1, 0.15) is 0 Å². The van der Waals surface area contributed by atoms with Gasteiger partial charge in [0.05, 0.1) is 0 Å². The highest BCUT2D eigenvalue weighted by atomic mass is 15.0. The van der Waals surface area contributed by atoms with Crippen molar-refractivity contribution in [1.82, 2.24) is 0 Å². The minimum atomic E-state index is 0.171. The lowest BCUT2D eigenvalue weighted by atomic mass is 9.93. The van der Waals surface area contributed by atoms with Crippen molar-refractivity contribution in [1.29, 1.82) is 0 Å². The van der Waals surface area contributed by atoms with Gasteiger partial charge in [-0.15, -0.1) is 0 Å². The van der Waals surface area contributed by atoms with Gasteiger partial charge in [-0.05, 0) is 50.8 Å². The molecule has 70 valence electrons. The van der Waals surface area contributed by atoms with Gasteiger partial charge in [0.25, 0.3) is 0 Å². The van der Waals surface area contributed by atoms with Gasteiger partial charge in [-0.1, -0.05) is 12.1 Å². The molecule has 2 bridgehead atoms. The Hall–Kier alpha value is -0.980. The summed E-state index contributed by atoms with van der Waals surface area (Å²) in [5, 5.41) is 3.54. The lowest BCUT2D eigenvalue weighted by Crippen LogP contribution is -2.27. The van der Waals surface area contributed by atoms with E-state index in [9.17, 15) is 0 Å². The van der Waals surface area contributed by atoms with E-state index in [0.29, 0.717) is 0 Å². The lowest BCUT2D eigenvalue weighted by Gasteiger charge is -2.27. The summed E-state index contributed by atoms with van der Waals surface area (Å²) >= 11 is 0. The Labute approximate surface area is 80.2 Å². The number of hydrogen-bond acceptors (Lipinski definition) is 1. The normalized spacial score (nSPS) is 14.7. The van der Waals surface area contributed by atoms with Gasteiger partial charge in [0, 0.05) is 11.2 Å². The van der Waals surface area contributed by atoms with Crippen molar-refractivity contribution < 1.29 is 0 Å². The van der Waals surface area contributed by atoms with Crippen LogP contribution in [0.3, 0.4) is 0 Å². The Morgan fingerprint density at radius 2 is 1.92 bits per heavy atom. The third-order valence-corrected chi connectivity index (χ3v) is 2.37. The van der Waals surface area contributed by atoms with E-state index in [0.717, 1.165) is 0 Å². The molecule has 0 saturated heterocycles. The van der Waals surface area contributed by atoms with Gasteiger partial charge in [-0.2, -0.15) is 0 Å². The number of anilines is 1.